The Bertz CT molecular complexity index is 1670. The van der Waals surface area contributed by atoms with Crippen molar-refractivity contribution in [2.75, 3.05) is 26.8 Å². The molecule has 0 aliphatic rings. The lowest BCUT2D eigenvalue weighted by atomic mass is 10.00. The van der Waals surface area contributed by atoms with Crippen LogP contribution in [0.15, 0.2) is 66.9 Å². The third kappa shape index (κ3) is 6.92. The molecule has 0 saturated heterocycles. The van der Waals surface area contributed by atoms with E-state index in [1.807, 2.05) is 56.2 Å². The number of halogens is 2. The molecule has 5 aromatic rings. The van der Waals surface area contributed by atoms with Gasteiger partial charge in [0.1, 0.15) is 11.4 Å². The molecule has 3 aromatic carbocycles. The van der Waals surface area contributed by atoms with Crippen LogP contribution in [0.1, 0.15) is 47.9 Å². The standard InChI is InChI=1S/C34H39BrN4O3.ClH/c1-4-41-34(40)33-27(17-11-21-42-31-18-9-13-24-12-5-6-14-25(24)31)26-15-10-16-28(29-23-37-38(3)30(29)22-35)32(26)39(33)20-8-7-19-36-2;/h5-6,9-10,12-16,18,23,36H,4,7-8,11,17,19-22H2,1-3H3;1H. The fourth-order valence-electron chi connectivity index (χ4n) is 5.78. The number of rotatable bonds is 14. The number of aromatic nitrogens is 3. The third-order valence-corrected chi connectivity index (χ3v) is 8.30. The average molecular weight is 668 g/mol. The Morgan fingerprint density at radius 1 is 0.977 bits per heavy atom. The Hall–Kier alpha value is -3.33. The van der Waals surface area contributed by atoms with E-state index in [4.69, 9.17) is 9.47 Å². The number of hydrogen-bond acceptors (Lipinski definition) is 5. The normalized spacial score (nSPS) is 11.2. The van der Waals surface area contributed by atoms with Crippen LogP contribution in [0.25, 0.3) is 32.8 Å². The van der Waals surface area contributed by atoms with E-state index in [2.05, 4.69) is 67.3 Å². The number of nitrogens with zero attached hydrogens (tertiary/aromatic N) is 3. The smallest absolute Gasteiger partial charge is 0.355 e. The zero-order valence-electron chi connectivity index (χ0n) is 25.1. The minimum atomic E-state index is -0.273. The summed E-state index contributed by atoms with van der Waals surface area (Å²) in [7, 11) is 3.93. The van der Waals surface area contributed by atoms with Gasteiger partial charge >= 0.3 is 5.97 Å². The zero-order valence-corrected chi connectivity index (χ0v) is 27.5. The summed E-state index contributed by atoms with van der Waals surface area (Å²) < 4.78 is 16.0. The van der Waals surface area contributed by atoms with E-state index in [0.29, 0.717) is 30.7 Å². The minimum absolute atomic E-state index is 0. The molecule has 0 radical (unpaired) electrons. The van der Waals surface area contributed by atoms with Gasteiger partial charge in [-0.15, -0.1) is 12.4 Å². The first-order valence-corrected chi connectivity index (χ1v) is 15.8. The first-order chi connectivity index (χ1) is 20.6. The van der Waals surface area contributed by atoms with Gasteiger partial charge < -0.3 is 19.4 Å². The fourth-order valence-corrected chi connectivity index (χ4v) is 6.44. The van der Waals surface area contributed by atoms with Gasteiger partial charge in [0.2, 0.25) is 0 Å². The highest BCUT2D eigenvalue weighted by Gasteiger charge is 2.26. The van der Waals surface area contributed by atoms with Crippen molar-refractivity contribution < 1.29 is 14.3 Å². The van der Waals surface area contributed by atoms with Crippen molar-refractivity contribution in [1.82, 2.24) is 19.7 Å². The van der Waals surface area contributed by atoms with Crippen molar-refractivity contribution in [3.05, 3.63) is 83.8 Å². The summed E-state index contributed by atoms with van der Waals surface area (Å²) in [5.41, 5.74) is 5.96. The van der Waals surface area contributed by atoms with E-state index >= 15 is 0 Å². The summed E-state index contributed by atoms with van der Waals surface area (Å²) in [5.74, 6) is 0.608. The number of aryl methyl sites for hydroxylation is 3. The quantitative estimate of drug-likeness (QED) is 0.0747. The second-order valence-corrected chi connectivity index (χ2v) is 11.0. The number of carbonyl (C=O) groups excluding carboxylic acids is 1. The summed E-state index contributed by atoms with van der Waals surface area (Å²) in [6, 6.07) is 20.8. The molecule has 228 valence electrons. The fraction of sp³-hybridized carbons (Fsp3) is 0.353. The van der Waals surface area contributed by atoms with E-state index in [0.717, 1.165) is 82.2 Å². The van der Waals surface area contributed by atoms with E-state index in [1.165, 1.54) is 0 Å². The average Bonchev–Trinajstić information content (AvgIpc) is 3.54. The highest BCUT2D eigenvalue weighted by Crippen LogP contribution is 2.37. The highest BCUT2D eigenvalue weighted by molar-refractivity contribution is 9.08. The van der Waals surface area contributed by atoms with Crippen LogP contribution in [-0.4, -0.2) is 47.1 Å². The van der Waals surface area contributed by atoms with Crippen molar-refractivity contribution in [2.45, 2.75) is 44.5 Å². The molecule has 9 heteroatoms. The predicted molar refractivity (Wildman–Crippen MR) is 181 cm³/mol. The molecule has 5 rings (SSSR count). The topological polar surface area (TPSA) is 70.3 Å². The number of benzene rings is 3. The number of carbonyl (C=O) groups is 1. The Morgan fingerprint density at radius 2 is 1.74 bits per heavy atom. The van der Waals surface area contributed by atoms with E-state index in [1.54, 1.807) is 0 Å². The molecule has 0 atom stereocenters. The number of para-hydroxylation sites is 1. The van der Waals surface area contributed by atoms with E-state index in [9.17, 15) is 4.79 Å². The van der Waals surface area contributed by atoms with Gasteiger partial charge in [0.25, 0.3) is 0 Å². The Balaban J connectivity index is 0.00000423. The van der Waals surface area contributed by atoms with Gasteiger partial charge in [-0.05, 0) is 63.2 Å². The molecule has 0 amide bonds. The number of fused-ring (bicyclic) bond motifs is 2. The lowest BCUT2D eigenvalue weighted by Gasteiger charge is -2.14. The Labute approximate surface area is 268 Å². The molecule has 2 heterocycles. The third-order valence-electron chi connectivity index (χ3n) is 7.77. The molecule has 43 heavy (non-hydrogen) atoms. The van der Waals surface area contributed by atoms with Gasteiger partial charge in [0.15, 0.2) is 0 Å². The molecule has 7 nitrogen and oxygen atoms in total. The van der Waals surface area contributed by atoms with Crippen LogP contribution in [-0.2, 0) is 30.1 Å². The van der Waals surface area contributed by atoms with Crippen LogP contribution >= 0.6 is 28.3 Å². The Morgan fingerprint density at radius 3 is 2.53 bits per heavy atom. The molecule has 0 fully saturated rings. The second kappa shape index (κ2) is 15.4. The SMILES string of the molecule is CCOC(=O)c1c(CCCOc2cccc3ccccc23)c2cccc(-c3cnn(C)c3CBr)c2n1CCCCNC.Cl. The van der Waals surface area contributed by atoms with Crippen LogP contribution in [0.2, 0.25) is 0 Å². The largest absolute Gasteiger partial charge is 0.493 e. The molecule has 1 N–H and O–H groups in total. The molecule has 0 bridgehead atoms. The summed E-state index contributed by atoms with van der Waals surface area (Å²) >= 11 is 3.65. The van der Waals surface area contributed by atoms with Crippen molar-refractivity contribution >= 4 is 56.0 Å². The van der Waals surface area contributed by atoms with Crippen molar-refractivity contribution in [3.63, 3.8) is 0 Å². The van der Waals surface area contributed by atoms with Crippen LogP contribution in [0.5, 0.6) is 5.75 Å². The lowest BCUT2D eigenvalue weighted by molar-refractivity contribution is 0.0512. The summed E-state index contributed by atoms with van der Waals surface area (Å²) in [6.45, 7) is 4.38. The molecular formula is C34H40BrClN4O3. The van der Waals surface area contributed by atoms with Gasteiger partial charge in [0, 0.05) is 40.8 Å². The lowest BCUT2D eigenvalue weighted by Crippen LogP contribution is -2.16. The molecule has 2 aromatic heterocycles. The molecule has 0 saturated carbocycles. The zero-order chi connectivity index (χ0) is 29.5. The Kier molecular flexibility index (Phi) is 11.7. The van der Waals surface area contributed by atoms with Gasteiger partial charge in [-0.3, -0.25) is 4.68 Å². The number of esters is 1. The van der Waals surface area contributed by atoms with Crippen molar-refractivity contribution in [1.29, 1.82) is 0 Å². The summed E-state index contributed by atoms with van der Waals surface area (Å²) in [4.78, 5) is 13.6. The first kappa shape index (κ1) is 32.6. The number of nitrogens with one attached hydrogen (secondary N) is 1. The molecule has 0 spiro atoms. The van der Waals surface area contributed by atoms with E-state index in [-0.39, 0.29) is 18.4 Å². The van der Waals surface area contributed by atoms with Crippen molar-refractivity contribution in [3.8, 4) is 16.9 Å². The number of alkyl halides is 1. The summed E-state index contributed by atoms with van der Waals surface area (Å²) in [6.07, 6.45) is 5.33. The highest BCUT2D eigenvalue weighted by atomic mass is 79.9. The number of ether oxygens (including phenoxy) is 2. The second-order valence-electron chi connectivity index (χ2n) is 10.4. The van der Waals surface area contributed by atoms with Crippen LogP contribution in [0.3, 0.4) is 0 Å². The first-order valence-electron chi connectivity index (χ1n) is 14.7. The summed E-state index contributed by atoms with van der Waals surface area (Å²) in [5, 5.41) is 11.8. The van der Waals surface area contributed by atoms with Crippen LogP contribution < -0.4 is 10.1 Å². The molecular weight excluding hydrogens is 628 g/mol. The number of unbranched alkanes of at least 4 members (excludes halogenated alkanes) is 1. The number of hydrogen-bond donors (Lipinski definition) is 1. The van der Waals surface area contributed by atoms with Gasteiger partial charge in [-0.1, -0.05) is 70.5 Å². The molecule has 0 aliphatic carbocycles. The van der Waals surface area contributed by atoms with Crippen LogP contribution in [0, 0.1) is 0 Å². The van der Waals surface area contributed by atoms with Crippen molar-refractivity contribution in [2.24, 2.45) is 7.05 Å². The maximum absolute atomic E-state index is 13.6. The van der Waals surface area contributed by atoms with E-state index < -0.39 is 0 Å². The van der Waals surface area contributed by atoms with Gasteiger partial charge in [-0.25, -0.2) is 4.79 Å². The minimum Gasteiger partial charge on any atom is -0.493 e. The molecule has 0 aliphatic heterocycles. The maximum atomic E-state index is 13.6. The monoisotopic (exact) mass is 666 g/mol. The van der Waals surface area contributed by atoms with Gasteiger partial charge in [0.05, 0.1) is 30.6 Å². The maximum Gasteiger partial charge on any atom is 0.355 e. The van der Waals surface area contributed by atoms with Gasteiger partial charge in [-0.2, -0.15) is 5.10 Å². The molecule has 0 unspecified atom stereocenters. The predicted octanol–water partition coefficient (Wildman–Crippen LogP) is 7.70. The van der Waals surface area contributed by atoms with Crippen LogP contribution in [0.4, 0.5) is 0 Å².